The van der Waals surface area contributed by atoms with E-state index < -0.39 is 0 Å². The molecule has 3 fully saturated rings. The number of hydrogen-bond donors (Lipinski definition) is 1. The molecule has 1 amide bonds. The number of rotatable bonds is 7. The number of nitrogens with zero attached hydrogens (tertiary/aromatic N) is 2. The van der Waals surface area contributed by atoms with Crippen molar-refractivity contribution in [3.63, 3.8) is 0 Å². The first-order valence-corrected chi connectivity index (χ1v) is 10.5. The Bertz CT molecular complexity index is 631. The third-order valence-electron chi connectivity index (χ3n) is 6.54. The highest BCUT2D eigenvalue weighted by Crippen LogP contribution is 2.50. The van der Waals surface area contributed by atoms with Crippen LogP contribution in [0.2, 0.25) is 0 Å². The fraction of sp³-hybridized carbons (Fsp3) is 0.682. The van der Waals surface area contributed by atoms with E-state index in [9.17, 15) is 4.79 Å². The predicted molar refractivity (Wildman–Crippen MR) is 108 cm³/mol. The van der Waals surface area contributed by atoms with Gasteiger partial charge in [-0.2, -0.15) is 0 Å². The summed E-state index contributed by atoms with van der Waals surface area (Å²) in [6.45, 7) is 9.93. The molecule has 4 nitrogen and oxygen atoms in total. The van der Waals surface area contributed by atoms with Gasteiger partial charge < -0.3 is 15.1 Å². The molecule has 26 heavy (non-hydrogen) atoms. The average Bonchev–Trinajstić information content (AvgIpc) is 3.55. The van der Waals surface area contributed by atoms with Crippen LogP contribution in [0.3, 0.4) is 0 Å². The standard InChI is InChI=1S/C22H33N3O/c1-3-24-10-12-25(13-11-24)19-8-9-21(16(2)14-19)23-22(26)15-20(17-4-5-17)18-6-7-18/h8-9,14,17-18,20H,3-7,10-13,15H2,1-2H3,(H,23,26). The van der Waals surface area contributed by atoms with Crippen molar-refractivity contribution in [3.05, 3.63) is 23.8 Å². The maximum atomic E-state index is 12.6. The SMILES string of the molecule is CCN1CCN(c2ccc(NC(=O)CC(C3CC3)C3CC3)c(C)c2)CC1. The van der Waals surface area contributed by atoms with E-state index in [0.717, 1.165) is 56.7 Å². The van der Waals surface area contributed by atoms with Crippen molar-refractivity contribution in [1.82, 2.24) is 4.90 Å². The summed E-state index contributed by atoms with van der Waals surface area (Å²) in [4.78, 5) is 17.5. The van der Waals surface area contributed by atoms with Crippen LogP contribution in [-0.4, -0.2) is 43.5 Å². The summed E-state index contributed by atoms with van der Waals surface area (Å²) in [5, 5.41) is 3.19. The molecule has 1 N–H and O–H groups in total. The Labute approximate surface area is 157 Å². The second-order valence-corrected chi connectivity index (χ2v) is 8.51. The van der Waals surface area contributed by atoms with Gasteiger partial charge in [-0.25, -0.2) is 0 Å². The molecule has 1 saturated heterocycles. The molecule has 0 bridgehead atoms. The smallest absolute Gasteiger partial charge is 0.224 e. The number of hydrogen-bond acceptors (Lipinski definition) is 3. The Balaban J connectivity index is 1.34. The highest BCUT2D eigenvalue weighted by Gasteiger charge is 2.42. The third kappa shape index (κ3) is 4.22. The topological polar surface area (TPSA) is 35.6 Å². The molecule has 0 aromatic heterocycles. The molecule has 1 aliphatic heterocycles. The van der Waals surface area contributed by atoms with Crippen LogP contribution < -0.4 is 10.2 Å². The number of nitrogens with one attached hydrogen (secondary N) is 1. The number of piperazine rings is 1. The molecule has 4 rings (SSSR count). The fourth-order valence-corrected chi connectivity index (χ4v) is 4.49. The van der Waals surface area contributed by atoms with Gasteiger partial charge in [0.25, 0.3) is 0 Å². The molecule has 0 atom stereocenters. The molecule has 2 aliphatic carbocycles. The van der Waals surface area contributed by atoms with E-state index in [1.807, 2.05) is 0 Å². The minimum absolute atomic E-state index is 0.209. The molecular formula is C22H33N3O. The van der Waals surface area contributed by atoms with Gasteiger partial charge in [0.2, 0.25) is 5.91 Å². The van der Waals surface area contributed by atoms with Crippen molar-refractivity contribution in [2.75, 3.05) is 42.9 Å². The molecule has 142 valence electrons. The zero-order valence-electron chi connectivity index (χ0n) is 16.3. The number of carbonyl (C=O) groups is 1. The normalized spacial score (nSPS) is 21.3. The number of aryl methyl sites for hydroxylation is 1. The van der Waals surface area contributed by atoms with Crippen LogP contribution in [0.4, 0.5) is 11.4 Å². The lowest BCUT2D eigenvalue weighted by Gasteiger charge is -2.35. The Morgan fingerprint density at radius 2 is 1.77 bits per heavy atom. The third-order valence-corrected chi connectivity index (χ3v) is 6.54. The highest BCUT2D eigenvalue weighted by atomic mass is 16.1. The van der Waals surface area contributed by atoms with Crippen LogP contribution in [0.25, 0.3) is 0 Å². The minimum Gasteiger partial charge on any atom is -0.369 e. The average molecular weight is 356 g/mol. The predicted octanol–water partition coefficient (Wildman–Crippen LogP) is 3.90. The minimum atomic E-state index is 0.209. The summed E-state index contributed by atoms with van der Waals surface area (Å²) >= 11 is 0. The first kappa shape index (κ1) is 17.8. The van der Waals surface area contributed by atoms with Crippen molar-refractivity contribution in [3.8, 4) is 0 Å². The summed E-state index contributed by atoms with van der Waals surface area (Å²) in [6, 6.07) is 6.50. The van der Waals surface area contributed by atoms with E-state index in [-0.39, 0.29) is 5.91 Å². The quantitative estimate of drug-likeness (QED) is 0.806. The lowest BCUT2D eigenvalue weighted by atomic mass is 9.93. The van der Waals surface area contributed by atoms with Gasteiger partial charge in [0.05, 0.1) is 0 Å². The van der Waals surface area contributed by atoms with Gasteiger partial charge in [-0.1, -0.05) is 6.92 Å². The van der Waals surface area contributed by atoms with Crippen molar-refractivity contribution in [2.24, 2.45) is 17.8 Å². The van der Waals surface area contributed by atoms with Crippen LogP contribution in [-0.2, 0) is 4.79 Å². The second kappa shape index (κ2) is 7.59. The van der Waals surface area contributed by atoms with Gasteiger partial charge in [-0.15, -0.1) is 0 Å². The number of carbonyl (C=O) groups excluding carboxylic acids is 1. The Hall–Kier alpha value is -1.55. The van der Waals surface area contributed by atoms with Gasteiger partial charge in [0, 0.05) is 44.0 Å². The molecule has 1 heterocycles. The lowest BCUT2D eigenvalue weighted by Crippen LogP contribution is -2.46. The first-order valence-electron chi connectivity index (χ1n) is 10.5. The summed E-state index contributed by atoms with van der Waals surface area (Å²) < 4.78 is 0. The number of anilines is 2. The largest absolute Gasteiger partial charge is 0.369 e. The second-order valence-electron chi connectivity index (χ2n) is 8.51. The number of benzene rings is 1. The van der Waals surface area contributed by atoms with E-state index in [0.29, 0.717) is 5.92 Å². The maximum absolute atomic E-state index is 12.6. The van der Waals surface area contributed by atoms with Crippen molar-refractivity contribution in [2.45, 2.75) is 46.0 Å². The summed E-state index contributed by atoms with van der Waals surface area (Å²) in [5.74, 6) is 2.52. The van der Waals surface area contributed by atoms with Gasteiger partial charge >= 0.3 is 0 Å². The molecular weight excluding hydrogens is 322 g/mol. The molecule has 0 unspecified atom stereocenters. The molecule has 0 spiro atoms. The first-order chi connectivity index (χ1) is 12.6. The van der Waals surface area contributed by atoms with E-state index in [1.165, 1.54) is 36.9 Å². The zero-order valence-corrected chi connectivity index (χ0v) is 16.3. The summed E-state index contributed by atoms with van der Waals surface area (Å²) in [7, 11) is 0. The fourth-order valence-electron chi connectivity index (χ4n) is 4.49. The van der Waals surface area contributed by atoms with E-state index in [4.69, 9.17) is 0 Å². The molecule has 1 aromatic rings. The Kier molecular flexibility index (Phi) is 5.21. The van der Waals surface area contributed by atoms with E-state index in [1.54, 1.807) is 0 Å². The number of likely N-dealkylation sites (N-methyl/N-ethyl adjacent to an activating group) is 1. The van der Waals surface area contributed by atoms with Crippen LogP contribution in [0.5, 0.6) is 0 Å². The van der Waals surface area contributed by atoms with Gasteiger partial charge in [0.1, 0.15) is 0 Å². The van der Waals surface area contributed by atoms with Gasteiger partial charge in [-0.05, 0) is 80.7 Å². The monoisotopic (exact) mass is 355 g/mol. The van der Waals surface area contributed by atoms with Gasteiger partial charge in [-0.3, -0.25) is 4.79 Å². The van der Waals surface area contributed by atoms with E-state index in [2.05, 4.69) is 47.2 Å². The molecule has 0 radical (unpaired) electrons. The Morgan fingerprint density at radius 3 is 2.31 bits per heavy atom. The lowest BCUT2D eigenvalue weighted by molar-refractivity contribution is -0.117. The Morgan fingerprint density at radius 1 is 1.12 bits per heavy atom. The number of amides is 1. The summed E-state index contributed by atoms with van der Waals surface area (Å²) in [6.07, 6.45) is 6.08. The van der Waals surface area contributed by atoms with Crippen LogP contribution in [0.15, 0.2) is 18.2 Å². The zero-order chi connectivity index (χ0) is 18.1. The van der Waals surface area contributed by atoms with Crippen molar-refractivity contribution >= 4 is 17.3 Å². The van der Waals surface area contributed by atoms with Crippen LogP contribution in [0, 0.1) is 24.7 Å². The molecule has 2 saturated carbocycles. The van der Waals surface area contributed by atoms with Crippen molar-refractivity contribution in [1.29, 1.82) is 0 Å². The van der Waals surface area contributed by atoms with Crippen molar-refractivity contribution < 1.29 is 4.79 Å². The summed E-state index contributed by atoms with van der Waals surface area (Å²) in [5.41, 5.74) is 3.43. The van der Waals surface area contributed by atoms with Crippen LogP contribution >= 0.6 is 0 Å². The highest BCUT2D eigenvalue weighted by molar-refractivity contribution is 5.92. The molecule has 1 aromatic carbocycles. The van der Waals surface area contributed by atoms with Crippen LogP contribution in [0.1, 0.15) is 44.6 Å². The van der Waals surface area contributed by atoms with E-state index >= 15 is 0 Å². The molecule has 3 aliphatic rings. The maximum Gasteiger partial charge on any atom is 0.224 e. The van der Waals surface area contributed by atoms with Gasteiger partial charge in [0.15, 0.2) is 0 Å². The molecule has 4 heteroatoms.